The summed E-state index contributed by atoms with van der Waals surface area (Å²) < 4.78 is 4.88. The average Bonchev–Trinajstić information content (AvgIpc) is 3.02. The lowest BCUT2D eigenvalue weighted by atomic mass is 9.97. The number of aliphatic imine (C=N–C) groups is 1. The standard InChI is InChI=1S/C21H30N4O2.HI/c1-4-22-21(25-13-10-16(11-14-25)20(26)27-3)23-12-9-17-15(2)24-19-8-6-5-7-18(17)19;/h5-8,16,24H,4,9-14H2,1-3H3,(H,22,23);1H. The van der Waals surface area contributed by atoms with Crippen molar-refractivity contribution in [1.29, 1.82) is 0 Å². The van der Waals surface area contributed by atoms with Crippen LogP contribution in [-0.4, -0.2) is 55.1 Å². The van der Waals surface area contributed by atoms with Gasteiger partial charge in [-0.05, 0) is 44.7 Å². The summed E-state index contributed by atoms with van der Waals surface area (Å²) >= 11 is 0. The second kappa shape index (κ2) is 10.7. The van der Waals surface area contributed by atoms with Gasteiger partial charge in [0, 0.05) is 42.8 Å². The molecule has 0 atom stereocenters. The molecular weight excluding hydrogens is 467 g/mol. The van der Waals surface area contributed by atoms with Crippen LogP contribution in [0.4, 0.5) is 0 Å². The van der Waals surface area contributed by atoms with E-state index in [1.54, 1.807) is 0 Å². The van der Waals surface area contributed by atoms with Crippen LogP contribution in [0.3, 0.4) is 0 Å². The number of piperidine rings is 1. The average molecular weight is 498 g/mol. The fourth-order valence-electron chi connectivity index (χ4n) is 3.85. The molecule has 7 heteroatoms. The lowest BCUT2D eigenvalue weighted by Gasteiger charge is -2.33. The van der Waals surface area contributed by atoms with Gasteiger partial charge in [0.1, 0.15) is 0 Å². The Hall–Kier alpha value is -1.77. The van der Waals surface area contributed by atoms with E-state index in [1.807, 2.05) is 0 Å². The molecule has 2 N–H and O–H groups in total. The Kier molecular flexibility index (Phi) is 8.59. The molecule has 1 aliphatic heterocycles. The predicted octanol–water partition coefficient (Wildman–Crippen LogP) is 3.49. The largest absolute Gasteiger partial charge is 0.469 e. The number of para-hydroxylation sites is 1. The number of nitrogens with one attached hydrogen (secondary N) is 2. The molecule has 0 spiro atoms. The van der Waals surface area contributed by atoms with Gasteiger partial charge in [0.15, 0.2) is 5.96 Å². The van der Waals surface area contributed by atoms with E-state index < -0.39 is 0 Å². The number of esters is 1. The molecule has 1 fully saturated rings. The summed E-state index contributed by atoms with van der Waals surface area (Å²) in [6.07, 6.45) is 2.54. The van der Waals surface area contributed by atoms with E-state index in [-0.39, 0.29) is 35.9 Å². The normalized spacial score (nSPS) is 15.4. The number of carbonyl (C=O) groups excluding carboxylic acids is 1. The number of halogens is 1. The van der Waals surface area contributed by atoms with Crippen LogP contribution in [0, 0.1) is 12.8 Å². The number of hydrogen-bond donors (Lipinski definition) is 2. The predicted molar refractivity (Wildman–Crippen MR) is 124 cm³/mol. The summed E-state index contributed by atoms with van der Waals surface area (Å²) in [4.78, 5) is 22.3. The Balaban J connectivity index is 0.00000280. The fourth-order valence-corrected chi connectivity index (χ4v) is 3.85. The number of fused-ring (bicyclic) bond motifs is 1. The summed E-state index contributed by atoms with van der Waals surface area (Å²) in [5.74, 6) is 0.868. The number of rotatable bonds is 5. The summed E-state index contributed by atoms with van der Waals surface area (Å²) in [5, 5.41) is 4.68. The molecule has 154 valence electrons. The molecule has 0 radical (unpaired) electrons. The number of aromatic amines is 1. The highest BCUT2D eigenvalue weighted by molar-refractivity contribution is 14.0. The van der Waals surface area contributed by atoms with Crippen LogP contribution in [0.2, 0.25) is 0 Å². The molecule has 2 heterocycles. The van der Waals surface area contributed by atoms with Crippen LogP contribution in [0.1, 0.15) is 31.0 Å². The highest BCUT2D eigenvalue weighted by Crippen LogP contribution is 2.22. The molecule has 1 aliphatic rings. The zero-order valence-corrected chi connectivity index (χ0v) is 19.3. The minimum absolute atomic E-state index is 0. The Morgan fingerprint density at radius 1 is 1.32 bits per heavy atom. The second-order valence-electron chi connectivity index (χ2n) is 7.04. The molecule has 6 nitrogen and oxygen atoms in total. The number of methoxy groups -OCH3 is 1. The smallest absolute Gasteiger partial charge is 0.308 e. The quantitative estimate of drug-likeness (QED) is 0.287. The van der Waals surface area contributed by atoms with Crippen LogP contribution in [0.15, 0.2) is 29.3 Å². The maximum Gasteiger partial charge on any atom is 0.308 e. The van der Waals surface area contributed by atoms with Gasteiger partial charge in [0.2, 0.25) is 0 Å². The third-order valence-corrected chi connectivity index (χ3v) is 5.31. The minimum atomic E-state index is -0.0913. The van der Waals surface area contributed by atoms with E-state index in [0.29, 0.717) is 0 Å². The topological polar surface area (TPSA) is 69.7 Å². The van der Waals surface area contributed by atoms with Crippen LogP contribution in [0.5, 0.6) is 0 Å². The molecular formula is C21H31IN4O2. The second-order valence-corrected chi connectivity index (χ2v) is 7.04. The summed E-state index contributed by atoms with van der Waals surface area (Å²) in [6.45, 7) is 7.45. The molecule has 3 rings (SSSR count). The third kappa shape index (κ3) is 5.18. The van der Waals surface area contributed by atoms with Crippen molar-refractivity contribution in [2.45, 2.75) is 33.1 Å². The van der Waals surface area contributed by atoms with Crippen molar-refractivity contribution < 1.29 is 9.53 Å². The first-order chi connectivity index (χ1) is 13.1. The van der Waals surface area contributed by atoms with Crippen LogP contribution < -0.4 is 5.32 Å². The molecule has 0 bridgehead atoms. The first kappa shape index (κ1) is 22.5. The van der Waals surface area contributed by atoms with E-state index in [0.717, 1.165) is 51.4 Å². The van der Waals surface area contributed by atoms with Crippen molar-refractivity contribution in [3.63, 3.8) is 0 Å². The molecule has 1 saturated heterocycles. The molecule has 0 amide bonds. The highest BCUT2D eigenvalue weighted by Gasteiger charge is 2.26. The first-order valence-corrected chi connectivity index (χ1v) is 9.81. The van der Waals surface area contributed by atoms with Crippen molar-refractivity contribution >= 4 is 46.8 Å². The number of aromatic nitrogens is 1. The van der Waals surface area contributed by atoms with Crippen molar-refractivity contribution in [3.8, 4) is 0 Å². The number of benzene rings is 1. The number of H-pyrrole nitrogens is 1. The van der Waals surface area contributed by atoms with Crippen LogP contribution in [0.25, 0.3) is 10.9 Å². The zero-order valence-electron chi connectivity index (χ0n) is 17.0. The van der Waals surface area contributed by atoms with Crippen molar-refractivity contribution in [2.24, 2.45) is 10.9 Å². The fraction of sp³-hybridized carbons (Fsp3) is 0.524. The van der Waals surface area contributed by atoms with Gasteiger partial charge in [0.05, 0.1) is 13.0 Å². The Morgan fingerprint density at radius 2 is 2.04 bits per heavy atom. The molecule has 0 saturated carbocycles. The Morgan fingerprint density at radius 3 is 2.71 bits per heavy atom. The maximum atomic E-state index is 11.7. The van der Waals surface area contributed by atoms with Gasteiger partial charge in [-0.2, -0.15) is 0 Å². The highest BCUT2D eigenvalue weighted by atomic mass is 127. The minimum Gasteiger partial charge on any atom is -0.469 e. The SMILES string of the molecule is CCNC(=NCCc1c(C)[nH]c2ccccc12)N1CCC(C(=O)OC)CC1.I. The van der Waals surface area contributed by atoms with E-state index in [2.05, 4.69) is 53.3 Å². The zero-order chi connectivity index (χ0) is 19.2. The summed E-state index contributed by atoms with van der Waals surface area (Å²) in [6, 6.07) is 8.42. The number of ether oxygens (including phenoxy) is 1. The first-order valence-electron chi connectivity index (χ1n) is 9.81. The van der Waals surface area contributed by atoms with Crippen LogP contribution in [-0.2, 0) is 16.0 Å². The number of aryl methyl sites for hydroxylation is 1. The molecule has 2 aromatic rings. The lowest BCUT2D eigenvalue weighted by molar-refractivity contribution is -0.146. The van der Waals surface area contributed by atoms with E-state index in [4.69, 9.17) is 9.73 Å². The molecule has 0 aliphatic carbocycles. The molecule has 28 heavy (non-hydrogen) atoms. The van der Waals surface area contributed by atoms with E-state index >= 15 is 0 Å². The van der Waals surface area contributed by atoms with Gasteiger partial charge in [-0.15, -0.1) is 24.0 Å². The molecule has 1 aromatic carbocycles. The van der Waals surface area contributed by atoms with Gasteiger partial charge in [0.25, 0.3) is 0 Å². The van der Waals surface area contributed by atoms with Gasteiger partial charge in [-0.25, -0.2) is 0 Å². The number of carbonyl (C=O) groups is 1. The third-order valence-electron chi connectivity index (χ3n) is 5.31. The summed E-state index contributed by atoms with van der Waals surface area (Å²) in [7, 11) is 1.47. The Bertz CT molecular complexity index is 810. The number of likely N-dealkylation sites (tertiary alicyclic amines) is 1. The summed E-state index contributed by atoms with van der Waals surface area (Å²) in [5.41, 5.74) is 3.75. The molecule has 0 unspecified atom stereocenters. The van der Waals surface area contributed by atoms with Gasteiger partial charge in [-0.3, -0.25) is 9.79 Å². The van der Waals surface area contributed by atoms with Crippen molar-refractivity contribution in [1.82, 2.24) is 15.2 Å². The van der Waals surface area contributed by atoms with Gasteiger partial charge < -0.3 is 19.9 Å². The van der Waals surface area contributed by atoms with E-state index in [1.165, 1.54) is 29.3 Å². The number of guanidine groups is 1. The Labute approximate surface area is 184 Å². The monoisotopic (exact) mass is 498 g/mol. The number of hydrogen-bond acceptors (Lipinski definition) is 3. The maximum absolute atomic E-state index is 11.7. The number of nitrogens with zero attached hydrogens (tertiary/aromatic N) is 2. The van der Waals surface area contributed by atoms with Gasteiger partial charge >= 0.3 is 5.97 Å². The van der Waals surface area contributed by atoms with Crippen LogP contribution >= 0.6 is 24.0 Å². The van der Waals surface area contributed by atoms with Gasteiger partial charge in [-0.1, -0.05) is 18.2 Å². The lowest BCUT2D eigenvalue weighted by Crippen LogP contribution is -2.46. The van der Waals surface area contributed by atoms with E-state index in [9.17, 15) is 4.79 Å². The van der Waals surface area contributed by atoms with Crippen molar-refractivity contribution in [2.75, 3.05) is 33.3 Å². The molecule has 1 aromatic heterocycles. The van der Waals surface area contributed by atoms with Crippen molar-refractivity contribution in [3.05, 3.63) is 35.5 Å².